The number of carbonyl (C=O) groups is 1. The molecule has 1 aromatic carbocycles. The van der Waals surface area contributed by atoms with Crippen LogP contribution in [-0.4, -0.2) is 37.5 Å². The van der Waals surface area contributed by atoms with E-state index in [4.69, 9.17) is 5.73 Å². The molecule has 1 aliphatic rings. The normalized spacial score (nSPS) is 18.6. The van der Waals surface area contributed by atoms with Gasteiger partial charge in [0.15, 0.2) is 0 Å². The summed E-state index contributed by atoms with van der Waals surface area (Å²) < 4.78 is 0. The number of anilines is 2. The van der Waals surface area contributed by atoms with E-state index in [0.717, 1.165) is 25.1 Å². The average molecular weight is 275 g/mol. The fourth-order valence-corrected chi connectivity index (χ4v) is 3.01. The first-order valence-electron chi connectivity index (χ1n) is 7.29. The monoisotopic (exact) mass is 275 g/mol. The van der Waals surface area contributed by atoms with Crippen molar-refractivity contribution in [3.05, 3.63) is 23.8 Å². The molecule has 1 aliphatic heterocycles. The highest BCUT2D eigenvalue weighted by Crippen LogP contribution is 2.29. The predicted octanol–water partition coefficient (Wildman–Crippen LogP) is 2.60. The van der Waals surface area contributed by atoms with E-state index in [1.807, 2.05) is 36.0 Å². The third kappa shape index (κ3) is 2.74. The lowest BCUT2D eigenvalue weighted by Gasteiger charge is -2.29. The Bertz CT molecular complexity index is 496. The molecule has 110 valence electrons. The van der Waals surface area contributed by atoms with Gasteiger partial charge in [-0.3, -0.25) is 4.79 Å². The summed E-state index contributed by atoms with van der Waals surface area (Å²) in [7, 11) is 3.90. The van der Waals surface area contributed by atoms with Crippen LogP contribution >= 0.6 is 0 Å². The van der Waals surface area contributed by atoms with Gasteiger partial charge in [-0.2, -0.15) is 0 Å². The van der Waals surface area contributed by atoms with Crippen LogP contribution in [-0.2, 0) is 0 Å². The highest BCUT2D eigenvalue weighted by atomic mass is 16.2. The van der Waals surface area contributed by atoms with Crippen LogP contribution in [0.3, 0.4) is 0 Å². The number of likely N-dealkylation sites (tertiary alicyclic amines) is 1. The Kier molecular flexibility index (Phi) is 4.21. The zero-order valence-corrected chi connectivity index (χ0v) is 12.9. The van der Waals surface area contributed by atoms with E-state index in [2.05, 4.69) is 13.8 Å². The van der Waals surface area contributed by atoms with E-state index >= 15 is 0 Å². The smallest absolute Gasteiger partial charge is 0.256 e. The van der Waals surface area contributed by atoms with Crippen LogP contribution in [0.15, 0.2) is 18.2 Å². The predicted molar refractivity (Wildman–Crippen MR) is 84.1 cm³/mol. The number of carbonyl (C=O) groups excluding carboxylic acids is 1. The molecule has 0 spiro atoms. The number of nitrogens with zero attached hydrogens (tertiary/aromatic N) is 2. The molecular weight excluding hydrogens is 250 g/mol. The van der Waals surface area contributed by atoms with Crippen LogP contribution in [0.4, 0.5) is 11.4 Å². The van der Waals surface area contributed by atoms with E-state index < -0.39 is 0 Å². The molecule has 20 heavy (non-hydrogen) atoms. The first-order chi connectivity index (χ1) is 9.41. The summed E-state index contributed by atoms with van der Waals surface area (Å²) in [6, 6.07) is 5.91. The summed E-state index contributed by atoms with van der Waals surface area (Å²) in [6.45, 7) is 5.22. The minimum Gasteiger partial charge on any atom is -0.399 e. The van der Waals surface area contributed by atoms with Crippen molar-refractivity contribution in [3.63, 3.8) is 0 Å². The molecule has 1 unspecified atom stereocenters. The Morgan fingerprint density at radius 3 is 2.70 bits per heavy atom. The number of nitrogens with two attached hydrogens (primary N) is 1. The second-order valence-corrected chi connectivity index (χ2v) is 6.12. The molecule has 4 nitrogen and oxygen atoms in total. The molecule has 0 radical (unpaired) electrons. The molecule has 1 heterocycles. The zero-order valence-electron chi connectivity index (χ0n) is 12.9. The van der Waals surface area contributed by atoms with E-state index in [1.165, 1.54) is 0 Å². The quantitative estimate of drug-likeness (QED) is 0.863. The van der Waals surface area contributed by atoms with Gasteiger partial charge in [0.1, 0.15) is 0 Å². The van der Waals surface area contributed by atoms with Crippen LogP contribution in [0.1, 0.15) is 37.0 Å². The lowest BCUT2D eigenvalue weighted by molar-refractivity contribution is 0.0702. The van der Waals surface area contributed by atoms with Crippen LogP contribution in [0.2, 0.25) is 0 Å². The minimum absolute atomic E-state index is 0.109. The molecule has 1 amide bonds. The van der Waals surface area contributed by atoms with Crippen molar-refractivity contribution in [1.29, 1.82) is 0 Å². The van der Waals surface area contributed by atoms with Crippen LogP contribution in [0.25, 0.3) is 0 Å². The Hall–Kier alpha value is -1.71. The van der Waals surface area contributed by atoms with Gasteiger partial charge in [-0.25, -0.2) is 0 Å². The minimum atomic E-state index is 0.109. The van der Waals surface area contributed by atoms with E-state index in [0.29, 0.717) is 23.2 Å². The van der Waals surface area contributed by atoms with Crippen molar-refractivity contribution in [1.82, 2.24) is 4.90 Å². The highest BCUT2D eigenvalue weighted by molar-refractivity contribution is 6.01. The van der Waals surface area contributed by atoms with E-state index in [-0.39, 0.29) is 5.91 Å². The maximum Gasteiger partial charge on any atom is 0.256 e. The summed E-state index contributed by atoms with van der Waals surface area (Å²) in [5.74, 6) is 0.600. The number of hydrogen-bond donors (Lipinski definition) is 1. The van der Waals surface area contributed by atoms with Crippen molar-refractivity contribution in [2.24, 2.45) is 5.92 Å². The van der Waals surface area contributed by atoms with Gasteiger partial charge in [0, 0.05) is 38.1 Å². The molecule has 1 atom stereocenters. The number of amides is 1. The Morgan fingerprint density at radius 1 is 1.40 bits per heavy atom. The third-order valence-electron chi connectivity index (χ3n) is 4.06. The number of rotatable bonds is 3. The zero-order chi connectivity index (χ0) is 14.9. The second kappa shape index (κ2) is 5.73. The maximum atomic E-state index is 12.9. The first kappa shape index (κ1) is 14.7. The molecule has 0 aliphatic carbocycles. The molecule has 4 heteroatoms. The molecule has 1 aromatic rings. The van der Waals surface area contributed by atoms with Gasteiger partial charge in [-0.1, -0.05) is 13.8 Å². The second-order valence-electron chi connectivity index (χ2n) is 6.12. The van der Waals surface area contributed by atoms with Gasteiger partial charge < -0.3 is 15.5 Å². The number of nitrogen functional groups attached to an aromatic ring is 1. The first-order valence-corrected chi connectivity index (χ1v) is 7.29. The van der Waals surface area contributed by atoms with E-state index in [9.17, 15) is 4.79 Å². The highest BCUT2D eigenvalue weighted by Gasteiger charge is 2.32. The van der Waals surface area contributed by atoms with Gasteiger partial charge in [0.2, 0.25) is 0 Å². The van der Waals surface area contributed by atoms with Crippen molar-refractivity contribution in [2.75, 3.05) is 31.3 Å². The van der Waals surface area contributed by atoms with Crippen molar-refractivity contribution < 1.29 is 4.79 Å². The molecule has 0 aromatic heterocycles. The summed E-state index contributed by atoms with van der Waals surface area (Å²) in [6.07, 6.45) is 2.19. The fraction of sp³-hybridized carbons (Fsp3) is 0.562. The van der Waals surface area contributed by atoms with Gasteiger partial charge in [0.05, 0.1) is 5.56 Å². The Balaban J connectivity index is 2.35. The summed E-state index contributed by atoms with van der Waals surface area (Å²) in [5, 5.41) is 0. The molecule has 1 fully saturated rings. The topological polar surface area (TPSA) is 49.6 Å². The standard InChI is InChI=1S/C16H25N3O/c1-11(2)14-6-5-9-19(14)16(20)13-10-12(17)7-8-15(13)18(3)4/h7-8,10-11,14H,5-6,9,17H2,1-4H3. The SMILES string of the molecule is CC(C)C1CCCN1C(=O)c1cc(N)ccc1N(C)C. The summed E-state index contributed by atoms with van der Waals surface area (Å²) in [4.78, 5) is 16.9. The fourth-order valence-electron chi connectivity index (χ4n) is 3.01. The van der Waals surface area contributed by atoms with Crippen molar-refractivity contribution in [3.8, 4) is 0 Å². The van der Waals surface area contributed by atoms with Gasteiger partial charge >= 0.3 is 0 Å². The molecule has 0 bridgehead atoms. The van der Waals surface area contributed by atoms with Gasteiger partial charge in [0.25, 0.3) is 5.91 Å². The largest absolute Gasteiger partial charge is 0.399 e. The van der Waals surface area contributed by atoms with Gasteiger partial charge in [-0.05, 0) is 37.0 Å². The summed E-state index contributed by atoms with van der Waals surface area (Å²) in [5.41, 5.74) is 8.15. The van der Waals surface area contributed by atoms with Crippen molar-refractivity contribution in [2.45, 2.75) is 32.7 Å². The van der Waals surface area contributed by atoms with Crippen LogP contribution in [0.5, 0.6) is 0 Å². The molecule has 2 N–H and O–H groups in total. The van der Waals surface area contributed by atoms with Crippen molar-refractivity contribution >= 4 is 17.3 Å². The lowest BCUT2D eigenvalue weighted by atomic mass is 10.0. The molecule has 1 saturated heterocycles. The molecule has 2 rings (SSSR count). The lowest BCUT2D eigenvalue weighted by Crippen LogP contribution is -2.39. The molecule has 0 saturated carbocycles. The Morgan fingerprint density at radius 2 is 2.10 bits per heavy atom. The number of benzene rings is 1. The van der Waals surface area contributed by atoms with Crippen LogP contribution < -0.4 is 10.6 Å². The van der Waals surface area contributed by atoms with E-state index in [1.54, 1.807) is 6.07 Å². The third-order valence-corrected chi connectivity index (χ3v) is 4.06. The summed E-state index contributed by atoms with van der Waals surface area (Å²) >= 11 is 0. The Labute approximate surface area is 121 Å². The van der Waals surface area contributed by atoms with Crippen LogP contribution in [0, 0.1) is 5.92 Å². The van der Waals surface area contributed by atoms with Gasteiger partial charge in [-0.15, -0.1) is 0 Å². The molecular formula is C16H25N3O. The maximum absolute atomic E-state index is 12.9. The average Bonchev–Trinajstić information content (AvgIpc) is 2.86. The number of hydrogen-bond acceptors (Lipinski definition) is 3.